The monoisotopic (exact) mass is 266 g/mol. The average molecular weight is 266 g/mol. The Kier molecular flexibility index (Phi) is 2.97. The molecule has 0 aliphatic carbocycles. The summed E-state index contributed by atoms with van der Waals surface area (Å²) in [5.74, 6) is 0.491. The van der Waals surface area contributed by atoms with Gasteiger partial charge in [0.25, 0.3) is 0 Å². The van der Waals surface area contributed by atoms with E-state index in [2.05, 4.69) is 5.16 Å². The molecule has 18 heavy (non-hydrogen) atoms. The zero-order valence-corrected chi connectivity index (χ0v) is 10.2. The lowest BCUT2D eigenvalue weighted by Crippen LogP contribution is -2.30. The molecule has 0 saturated carbocycles. The largest absolute Gasteiger partial charge is 0.381 e. The summed E-state index contributed by atoms with van der Waals surface area (Å²) in [5, 5.41) is 3.93. The number of aromatic nitrogens is 1. The third-order valence-electron chi connectivity index (χ3n) is 2.65. The van der Waals surface area contributed by atoms with Gasteiger partial charge in [-0.2, -0.15) is 0 Å². The number of rotatable bonds is 3. The van der Waals surface area contributed by atoms with Crippen molar-refractivity contribution in [1.29, 1.82) is 0 Å². The van der Waals surface area contributed by atoms with Crippen LogP contribution in [0.2, 0.25) is 0 Å². The Morgan fingerprint density at radius 2 is 2.17 bits per heavy atom. The molecular formula is C12H11FN2O2S. The van der Waals surface area contributed by atoms with Gasteiger partial charge < -0.3 is 15.0 Å². The van der Waals surface area contributed by atoms with Crippen molar-refractivity contribution in [3.05, 3.63) is 30.1 Å². The number of halogens is 1. The van der Waals surface area contributed by atoms with Crippen LogP contribution in [0.4, 0.5) is 10.2 Å². The molecule has 4 nitrogen and oxygen atoms in total. The van der Waals surface area contributed by atoms with E-state index in [4.69, 9.17) is 15.0 Å². The van der Waals surface area contributed by atoms with Crippen molar-refractivity contribution in [1.82, 2.24) is 5.16 Å². The molecule has 0 atom stereocenters. The topological polar surface area (TPSA) is 61.3 Å². The van der Waals surface area contributed by atoms with Crippen molar-refractivity contribution in [2.24, 2.45) is 0 Å². The molecule has 1 aliphatic heterocycles. The van der Waals surface area contributed by atoms with E-state index in [1.54, 1.807) is 18.2 Å². The molecule has 2 heterocycles. The van der Waals surface area contributed by atoms with E-state index in [1.807, 2.05) is 0 Å². The Morgan fingerprint density at radius 1 is 1.33 bits per heavy atom. The van der Waals surface area contributed by atoms with Crippen molar-refractivity contribution in [3.8, 4) is 11.3 Å². The number of nitrogens with zero attached hydrogens (tertiary/aromatic N) is 1. The first-order valence-electron chi connectivity index (χ1n) is 5.49. The van der Waals surface area contributed by atoms with Gasteiger partial charge in [0.05, 0.1) is 18.5 Å². The van der Waals surface area contributed by atoms with Gasteiger partial charge in [-0.05, 0) is 18.2 Å². The van der Waals surface area contributed by atoms with Crippen LogP contribution in [0.1, 0.15) is 0 Å². The molecule has 2 N–H and O–H groups in total. The van der Waals surface area contributed by atoms with Crippen molar-refractivity contribution >= 4 is 17.6 Å². The van der Waals surface area contributed by atoms with Crippen LogP contribution in [0.15, 0.2) is 33.7 Å². The van der Waals surface area contributed by atoms with Gasteiger partial charge in [0.15, 0.2) is 11.6 Å². The van der Waals surface area contributed by atoms with Gasteiger partial charge in [0, 0.05) is 16.5 Å². The zero-order valence-electron chi connectivity index (χ0n) is 9.43. The number of thioether (sulfide) groups is 1. The lowest BCUT2D eigenvalue weighted by molar-refractivity contribution is 0.0455. The molecule has 0 spiro atoms. The SMILES string of the molecule is Nc1cc(-c2ccc(SC3COC3)c(F)c2)on1. The van der Waals surface area contributed by atoms with Gasteiger partial charge in [-0.15, -0.1) is 11.8 Å². The normalized spacial score (nSPS) is 15.6. The fourth-order valence-corrected chi connectivity index (χ4v) is 2.64. The van der Waals surface area contributed by atoms with Crippen LogP contribution >= 0.6 is 11.8 Å². The quantitative estimate of drug-likeness (QED) is 0.925. The van der Waals surface area contributed by atoms with Crippen LogP contribution < -0.4 is 5.73 Å². The molecule has 0 amide bonds. The molecule has 0 unspecified atom stereocenters. The Labute approximate surface area is 107 Å². The molecule has 1 aliphatic rings. The molecule has 1 fully saturated rings. The third-order valence-corrected chi connectivity index (χ3v) is 3.84. The second kappa shape index (κ2) is 4.62. The molecule has 2 aromatic rings. The lowest BCUT2D eigenvalue weighted by atomic mass is 10.2. The van der Waals surface area contributed by atoms with Gasteiger partial charge in [-0.25, -0.2) is 4.39 Å². The summed E-state index contributed by atoms with van der Waals surface area (Å²) in [5.41, 5.74) is 6.09. The van der Waals surface area contributed by atoms with E-state index in [-0.39, 0.29) is 11.6 Å². The van der Waals surface area contributed by atoms with Gasteiger partial charge in [0.2, 0.25) is 0 Å². The molecule has 1 aromatic carbocycles. The number of nitrogen functional groups attached to an aromatic ring is 1. The van der Waals surface area contributed by atoms with Crippen molar-refractivity contribution in [2.75, 3.05) is 18.9 Å². The number of hydrogen-bond acceptors (Lipinski definition) is 5. The molecule has 0 radical (unpaired) electrons. The third kappa shape index (κ3) is 2.21. The Morgan fingerprint density at radius 3 is 2.72 bits per heavy atom. The minimum Gasteiger partial charge on any atom is -0.381 e. The van der Waals surface area contributed by atoms with Crippen LogP contribution in [0, 0.1) is 5.82 Å². The van der Waals surface area contributed by atoms with Crippen LogP contribution in [0.3, 0.4) is 0 Å². The number of anilines is 1. The van der Waals surface area contributed by atoms with E-state index in [9.17, 15) is 4.39 Å². The minimum atomic E-state index is -0.264. The Hall–Kier alpha value is -1.53. The van der Waals surface area contributed by atoms with Crippen LogP contribution in [-0.2, 0) is 4.74 Å². The number of hydrogen-bond donors (Lipinski definition) is 1. The smallest absolute Gasteiger partial charge is 0.169 e. The van der Waals surface area contributed by atoms with E-state index in [0.717, 1.165) is 0 Å². The molecule has 3 rings (SSSR count). The van der Waals surface area contributed by atoms with Crippen LogP contribution in [0.25, 0.3) is 11.3 Å². The average Bonchev–Trinajstić information content (AvgIpc) is 2.72. The summed E-state index contributed by atoms with van der Waals surface area (Å²) >= 11 is 1.50. The maximum Gasteiger partial charge on any atom is 0.169 e. The first kappa shape index (κ1) is 11.6. The predicted molar refractivity (Wildman–Crippen MR) is 66.8 cm³/mol. The second-order valence-electron chi connectivity index (χ2n) is 4.04. The van der Waals surface area contributed by atoms with Crippen molar-refractivity contribution in [2.45, 2.75) is 10.1 Å². The number of nitrogens with two attached hydrogens (primary N) is 1. The van der Waals surface area contributed by atoms with E-state index in [1.165, 1.54) is 17.8 Å². The fraction of sp³-hybridized carbons (Fsp3) is 0.250. The molecule has 1 saturated heterocycles. The fourth-order valence-electron chi connectivity index (χ4n) is 1.64. The highest BCUT2D eigenvalue weighted by Crippen LogP contribution is 2.32. The summed E-state index contributed by atoms with van der Waals surface area (Å²) in [7, 11) is 0. The molecule has 0 bridgehead atoms. The molecular weight excluding hydrogens is 255 g/mol. The molecule has 6 heteroatoms. The van der Waals surface area contributed by atoms with Crippen LogP contribution in [0.5, 0.6) is 0 Å². The summed E-state index contributed by atoms with van der Waals surface area (Å²) in [6.45, 7) is 1.37. The highest BCUT2D eigenvalue weighted by atomic mass is 32.2. The van der Waals surface area contributed by atoms with Crippen molar-refractivity contribution in [3.63, 3.8) is 0 Å². The van der Waals surface area contributed by atoms with Gasteiger partial charge in [-0.3, -0.25) is 0 Å². The second-order valence-corrected chi connectivity index (χ2v) is 5.38. The highest BCUT2D eigenvalue weighted by molar-refractivity contribution is 8.00. The Bertz CT molecular complexity index is 569. The van der Waals surface area contributed by atoms with E-state index < -0.39 is 0 Å². The van der Waals surface area contributed by atoms with Gasteiger partial charge in [-0.1, -0.05) is 5.16 Å². The van der Waals surface area contributed by atoms with Gasteiger partial charge >= 0.3 is 0 Å². The Balaban J connectivity index is 1.83. The molecule has 1 aromatic heterocycles. The van der Waals surface area contributed by atoms with E-state index in [0.29, 0.717) is 34.7 Å². The van der Waals surface area contributed by atoms with E-state index >= 15 is 0 Å². The summed E-state index contributed by atoms with van der Waals surface area (Å²) in [4.78, 5) is 0.625. The van der Waals surface area contributed by atoms with Gasteiger partial charge in [0.1, 0.15) is 5.82 Å². The number of ether oxygens (including phenoxy) is 1. The molecule has 94 valence electrons. The highest BCUT2D eigenvalue weighted by Gasteiger charge is 2.21. The summed E-state index contributed by atoms with van der Waals surface area (Å²) in [6.07, 6.45) is 0. The van der Waals surface area contributed by atoms with Crippen LogP contribution in [-0.4, -0.2) is 23.6 Å². The first-order valence-corrected chi connectivity index (χ1v) is 6.37. The number of benzene rings is 1. The zero-order chi connectivity index (χ0) is 12.5. The lowest BCUT2D eigenvalue weighted by Gasteiger charge is -2.25. The first-order chi connectivity index (χ1) is 8.72. The maximum absolute atomic E-state index is 13.9. The predicted octanol–water partition coefficient (Wildman–Crippen LogP) is 2.55. The van der Waals surface area contributed by atoms with Crippen molar-refractivity contribution < 1.29 is 13.7 Å². The summed E-state index contributed by atoms with van der Waals surface area (Å²) in [6, 6.07) is 6.54. The standard InChI is InChI=1S/C12H11FN2O2S/c13-9-3-7(10-4-12(14)15-17-10)1-2-11(9)18-8-5-16-6-8/h1-4,8H,5-6H2,(H2,14,15). The maximum atomic E-state index is 13.9. The summed E-state index contributed by atoms with van der Waals surface area (Å²) < 4.78 is 24.0. The minimum absolute atomic E-state index is 0.264.